The Bertz CT molecular complexity index is 921. The zero-order chi connectivity index (χ0) is 19.2. The average Bonchev–Trinajstić information content (AvgIpc) is 3.15. The Morgan fingerprint density at radius 3 is 2.41 bits per heavy atom. The van der Waals surface area contributed by atoms with E-state index in [1.165, 1.54) is 4.80 Å². The van der Waals surface area contributed by atoms with Crippen molar-refractivity contribution in [2.45, 2.75) is 20.0 Å². The fourth-order valence-corrected chi connectivity index (χ4v) is 2.61. The Labute approximate surface area is 156 Å². The molecule has 3 aromatic rings. The molecule has 2 amide bonds. The molecule has 0 saturated heterocycles. The van der Waals surface area contributed by atoms with Gasteiger partial charge in [-0.25, -0.2) is 0 Å². The van der Waals surface area contributed by atoms with E-state index in [0.29, 0.717) is 30.0 Å². The minimum atomic E-state index is -0.498. The van der Waals surface area contributed by atoms with Gasteiger partial charge in [-0.2, -0.15) is 4.80 Å². The van der Waals surface area contributed by atoms with Crippen LogP contribution in [0.5, 0.6) is 0 Å². The van der Waals surface area contributed by atoms with Crippen LogP contribution in [-0.2, 0) is 17.9 Å². The largest absolute Gasteiger partial charge is 0.366 e. The summed E-state index contributed by atoms with van der Waals surface area (Å²) in [5.41, 5.74) is 7.39. The quantitative estimate of drug-likeness (QED) is 0.683. The van der Waals surface area contributed by atoms with Gasteiger partial charge < -0.3 is 10.6 Å². The summed E-state index contributed by atoms with van der Waals surface area (Å²) < 4.78 is 0. The second-order valence-corrected chi connectivity index (χ2v) is 5.98. The summed E-state index contributed by atoms with van der Waals surface area (Å²) in [6.45, 7) is 3.06. The normalized spacial score (nSPS) is 10.6. The van der Waals surface area contributed by atoms with Gasteiger partial charge in [0, 0.05) is 24.2 Å². The minimum absolute atomic E-state index is 0.00699. The molecule has 2 N–H and O–H groups in total. The molecule has 27 heavy (non-hydrogen) atoms. The van der Waals surface area contributed by atoms with E-state index in [-0.39, 0.29) is 12.5 Å². The van der Waals surface area contributed by atoms with Crippen molar-refractivity contribution in [1.82, 2.24) is 25.1 Å². The van der Waals surface area contributed by atoms with Crippen LogP contribution in [0, 0.1) is 0 Å². The van der Waals surface area contributed by atoms with Crippen LogP contribution in [0.2, 0.25) is 0 Å². The maximum absolute atomic E-state index is 12.6. The molecule has 138 valence electrons. The van der Waals surface area contributed by atoms with Crippen LogP contribution < -0.4 is 5.73 Å². The van der Waals surface area contributed by atoms with Crippen LogP contribution in [0.1, 0.15) is 22.8 Å². The third-order valence-electron chi connectivity index (χ3n) is 4.11. The van der Waals surface area contributed by atoms with Crippen molar-refractivity contribution in [2.24, 2.45) is 5.73 Å². The molecule has 1 heterocycles. The lowest BCUT2D eigenvalue weighted by Crippen LogP contribution is -2.33. The van der Waals surface area contributed by atoms with Crippen molar-refractivity contribution in [3.8, 4) is 11.4 Å². The Morgan fingerprint density at radius 2 is 1.78 bits per heavy atom. The molecule has 0 unspecified atom stereocenters. The molecule has 1 aromatic heterocycles. The molecule has 0 atom stereocenters. The fraction of sp³-hybridized carbons (Fsp3) is 0.211. The zero-order valence-corrected chi connectivity index (χ0v) is 14.9. The van der Waals surface area contributed by atoms with Crippen LogP contribution >= 0.6 is 0 Å². The Morgan fingerprint density at radius 1 is 1.07 bits per heavy atom. The highest BCUT2D eigenvalue weighted by Crippen LogP contribution is 2.14. The van der Waals surface area contributed by atoms with E-state index in [4.69, 9.17) is 5.73 Å². The molecule has 3 rings (SSSR count). The predicted octanol–water partition coefficient (Wildman–Crippen LogP) is 1.49. The first-order valence-electron chi connectivity index (χ1n) is 8.56. The fourth-order valence-electron chi connectivity index (χ4n) is 2.61. The Balaban J connectivity index is 1.67. The van der Waals surface area contributed by atoms with Crippen LogP contribution in [0.3, 0.4) is 0 Å². The standard InChI is InChI=1S/C19H20N6O2/c1-2-24(12-14-6-4-3-5-7-14)17(26)13-25-22-19(21-23-25)16-10-8-15(9-11-16)18(20)27/h3-11H,2,12-13H2,1H3,(H2,20,27). The van der Waals surface area contributed by atoms with Crippen molar-refractivity contribution in [3.05, 3.63) is 65.7 Å². The molecule has 0 saturated carbocycles. The van der Waals surface area contributed by atoms with Crippen molar-refractivity contribution in [3.63, 3.8) is 0 Å². The molecule has 0 aliphatic heterocycles. The van der Waals surface area contributed by atoms with Gasteiger partial charge in [-0.05, 0) is 29.8 Å². The number of amides is 2. The van der Waals surface area contributed by atoms with Crippen molar-refractivity contribution < 1.29 is 9.59 Å². The predicted molar refractivity (Wildman–Crippen MR) is 99.3 cm³/mol. The van der Waals surface area contributed by atoms with Gasteiger partial charge >= 0.3 is 0 Å². The summed E-state index contributed by atoms with van der Waals surface area (Å²) in [5, 5.41) is 12.2. The number of carbonyl (C=O) groups excluding carboxylic acids is 2. The van der Waals surface area contributed by atoms with Gasteiger partial charge in [0.05, 0.1) is 0 Å². The molecule has 0 spiro atoms. The lowest BCUT2D eigenvalue weighted by atomic mass is 10.1. The number of likely N-dealkylation sites (N-methyl/N-ethyl adjacent to an activating group) is 1. The van der Waals surface area contributed by atoms with E-state index in [9.17, 15) is 9.59 Å². The monoisotopic (exact) mass is 364 g/mol. The molecule has 8 nitrogen and oxygen atoms in total. The van der Waals surface area contributed by atoms with Gasteiger partial charge in [0.25, 0.3) is 0 Å². The van der Waals surface area contributed by atoms with E-state index in [1.54, 1.807) is 29.2 Å². The molecular formula is C19H20N6O2. The van der Waals surface area contributed by atoms with Gasteiger partial charge in [-0.3, -0.25) is 9.59 Å². The maximum atomic E-state index is 12.6. The Hall–Kier alpha value is -3.55. The average molecular weight is 364 g/mol. The highest BCUT2D eigenvalue weighted by Gasteiger charge is 2.15. The molecule has 2 aromatic carbocycles. The number of hydrogen-bond donors (Lipinski definition) is 1. The number of hydrogen-bond acceptors (Lipinski definition) is 5. The molecule has 0 fully saturated rings. The van der Waals surface area contributed by atoms with E-state index >= 15 is 0 Å². The number of nitrogens with zero attached hydrogens (tertiary/aromatic N) is 5. The van der Waals surface area contributed by atoms with Crippen molar-refractivity contribution >= 4 is 11.8 Å². The smallest absolute Gasteiger partial charge is 0.248 e. The summed E-state index contributed by atoms with van der Waals surface area (Å²) in [4.78, 5) is 26.7. The zero-order valence-electron chi connectivity index (χ0n) is 14.9. The third-order valence-corrected chi connectivity index (χ3v) is 4.11. The van der Waals surface area contributed by atoms with Gasteiger partial charge in [0.15, 0.2) is 0 Å². The summed E-state index contributed by atoms with van der Waals surface area (Å²) >= 11 is 0. The van der Waals surface area contributed by atoms with Crippen LogP contribution in [-0.4, -0.2) is 43.5 Å². The Kier molecular flexibility index (Phi) is 5.55. The first-order valence-corrected chi connectivity index (χ1v) is 8.56. The first-order chi connectivity index (χ1) is 13.1. The minimum Gasteiger partial charge on any atom is -0.366 e. The lowest BCUT2D eigenvalue weighted by molar-refractivity contribution is -0.132. The first kappa shape index (κ1) is 18.2. The summed E-state index contributed by atoms with van der Waals surface area (Å²) in [6.07, 6.45) is 0. The third kappa shape index (κ3) is 4.55. The number of nitrogens with two attached hydrogens (primary N) is 1. The SMILES string of the molecule is CCN(Cc1ccccc1)C(=O)Cn1nnc(-c2ccc(C(N)=O)cc2)n1. The number of benzene rings is 2. The highest BCUT2D eigenvalue weighted by atomic mass is 16.2. The van der Waals surface area contributed by atoms with Crippen LogP contribution in [0.15, 0.2) is 54.6 Å². The number of primary amides is 1. The van der Waals surface area contributed by atoms with Gasteiger partial charge in [-0.15, -0.1) is 10.2 Å². The van der Waals surface area contributed by atoms with Crippen LogP contribution in [0.4, 0.5) is 0 Å². The van der Waals surface area contributed by atoms with Gasteiger partial charge in [0.1, 0.15) is 6.54 Å². The number of rotatable bonds is 7. The van der Waals surface area contributed by atoms with Gasteiger partial charge in [0.2, 0.25) is 17.6 Å². The number of tetrazole rings is 1. The van der Waals surface area contributed by atoms with E-state index in [0.717, 1.165) is 5.56 Å². The molecule has 8 heteroatoms. The van der Waals surface area contributed by atoms with Gasteiger partial charge in [-0.1, -0.05) is 42.5 Å². The summed E-state index contributed by atoms with van der Waals surface area (Å²) in [7, 11) is 0. The molecule has 0 aliphatic rings. The van der Waals surface area contributed by atoms with E-state index in [2.05, 4.69) is 15.4 Å². The molecule has 0 radical (unpaired) electrons. The molecule has 0 bridgehead atoms. The second-order valence-electron chi connectivity index (χ2n) is 5.98. The summed E-state index contributed by atoms with van der Waals surface area (Å²) in [6, 6.07) is 16.4. The maximum Gasteiger partial charge on any atom is 0.248 e. The topological polar surface area (TPSA) is 107 Å². The van der Waals surface area contributed by atoms with E-state index < -0.39 is 5.91 Å². The van der Waals surface area contributed by atoms with Crippen molar-refractivity contribution in [1.29, 1.82) is 0 Å². The van der Waals surface area contributed by atoms with E-state index in [1.807, 2.05) is 37.3 Å². The highest BCUT2D eigenvalue weighted by molar-refractivity contribution is 5.93. The van der Waals surface area contributed by atoms with Crippen molar-refractivity contribution in [2.75, 3.05) is 6.54 Å². The second kappa shape index (κ2) is 8.22. The number of carbonyl (C=O) groups is 2. The molecular weight excluding hydrogens is 344 g/mol. The molecule has 0 aliphatic carbocycles. The number of aromatic nitrogens is 4. The van der Waals surface area contributed by atoms with Crippen LogP contribution in [0.25, 0.3) is 11.4 Å². The lowest BCUT2D eigenvalue weighted by Gasteiger charge is -2.20. The summed E-state index contributed by atoms with van der Waals surface area (Å²) in [5.74, 6) is -0.207.